The van der Waals surface area contributed by atoms with Crippen molar-refractivity contribution < 1.29 is 29.3 Å². The van der Waals surface area contributed by atoms with E-state index in [9.17, 15) is 9.59 Å². The molecule has 2 atom stereocenters. The molecule has 0 aliphatic heterocycles. The molecule has 0 aliphatic carbocycles. The molecule has 15 heavy (non-hydrogen) atoms. The van der Waals surface area contributed by atoms with Crippen LogP contribution in [0.15, 0.2) is 12.7 Å². The molecule has 0 aliphatic rings. The van der Waals surface area contributed by atoms with Crippen LogP contribution in [0.3, 0.4) is 0 Å². The van der Waals surface area contributed by atoms with Gasteiger partial charge in [0.15, 0.2) is 6.10 Å². The molecule has 0 bridgehead atoms. The predicted molar refractivity (Wildman–Crippen MR) is 50.9 cm³/mol. The summed E-state index contributed by atoms with van der Waals surface area (Å²) >= 11 is 0. The lowest BCUT2D eigenvalue weighted by molar-refractivity contribution is -0.0253. The van der Waals surface area contributed by atoms with Crippen molar-refractivity contribution >= 4 is 12.3 Å². The highest BCUT2D eigenvalue weighted by molar-refractivity contribution is 5.58. The second-order valence-corrected chi connectivity index (χ2v) is 2.79. The standard InChI is InChI=1S/C9H14O6/c1-3-5-7(15-9(12)13)6(4-2)14-8(10)11/h4,6-7H,2-3,5H2,1H3,(H,10,11)(H,12,13). The summed E-state index contributed by atoms with van der Waals surface area (Å²) < 4.78 is 8.93. The van der Waals surface area contributed by atoms with Gasteiger partial charge in [-0.05, 0) is 12.5 Å². The second-order valence-electron chi connectivity index (χ2n) is 2.79. The fourth-order valence-electron chi connectivity index (χ4n) is 1.10. The normalized spacial score (nSPS) is 13.7. The average Bonchev–Trinajstić information content (AvgIpc) is 2.12. The Hall–Kier alpha value is -1.72. The Bertz CT molecular complexity index is 237. The van der Waals surface area contributed by atoms with Gasteiger partial charge in [-0.3, -0.25) is 0 Å². The van der Waals surface area contributed by atoms with Gasteiger partial charge in [0.1, 0.15) is 6.10 Å². The Morgan fingerprint density at radius 2 is 1.87 bits per heavy atom. The highest BCUT2D eigenvalue weighted by Gasteiger charge is 2.25. The Kier molecular flexibility index (Phi) is 5.92. The smallest absolute Gasteiger partial charge is 0.450 e. The first-order valence-electron chi connectivity index (χ1n) is 4.43. The maximum Gasteiger partial charge on any atom is 0.506 e. The third-order valence-corrected chi connectivity index (χ3v) is 1.66. The van der Waals surface area contributed by atoms with Crippen molar-refractivity contribution in [2.24, 2.45) is 0 Å². The molecule has 0 aromatic rings. The van der Waals surface area contributed by atoms with Gasteiger partial charge in [-0.1, -0.05) is 19.9 Å². The van der Waals surface area contributed by atoms with E-state index in [2.05, 4.69) is 16.1 Å². The highest BCUT2D eigenvalue weighted by Crippen LogP contribution is 2.12. The molecular formula is C9H14O6. The molecule has 0 fully saturated rings. The van der Waals surface area contributed by atoms with Gasteiger partial charge in [0, 0.05) is 0 Å². The van der Waals surface area contributed by atoms with Crippen molar-refractivity contribution in [1.29, 1.82) is 0 Å². The van der Waals surface area contributed by atoms with Crippen LogP contribution in [0.2, 0.25) is 0 Å². The molecule has 86 valence electrons. The average molecular weight is 218 g/mol. The van der Waals surface area contributed by atoms with Gasteiger partial charge in [0.25, 0.3) is 0 Å². The van der Waals surface area contributed by atoms with Crippen LogP contribution in [0.4, 0.5) is 9.59 Å². The van der Waals surface area contributed by atoms with Crippen LogP contribution in [-0.4, -0.2) is 34.7 Å². The van der Waals surface area contributed by atoms with Crippen molar-refractivity contribution in [1.82, 2.24) is 0 Å². The molecular weight excluding hydrogens is 204 g/mol. The third-order valence-electron chi connectivity index (χ3n) is 1.66. The molecule has 0 saturated carbocycles. The quantitative estimate of drug-likeness (QED) is 0.523. The van der Waals surface area contributed by atoms with Crippen LogP contribution in [0, 0.1) is 0 Å². The molecule has 0 amide bonds. The topological polar surface area (TPSA) is 93.1 Å². The van der Waals surface area contributed by atoms with Crippen molar-refractivity contribution in [3.05, 3.63) is 12.7 Å². The summed E-state index contributed by atoms with van der Waals surface area (Å²) in [4.78, 5) is 20.6. The highest BCUT2D eigenvalue weighted by atomic mass is 16.7. The van der Waals surface area contributed by atoms with Gasteiger partial charge in [0.2, 0.25) is 0 Å². The summed E-state index contributed by atoms with van der Waals surface area (Å²) in [6.45, 7) is 5.18. The molecule has 0 spiro atoms. The van der Waals surface area contributed by atoms with E-state index >= 15 is 0 Å². The van der Waals surface area contributed by atoms with Crippen molar-refractivity contribution in [2.45, 2.75) is 32.0 Å². The lowest BCUT2D eigenvalue weighted by Crippen LogP contribution is -2.33. The fraction of sp³-hybridized carbons (Fsp3) is 0.556. The molecule has 0 heterocycles. The fourth-order valence-corrected chi connectivity index (χ4v) is 1.10. The maximum absolute atomic E-state index is 10.3. The van der Waals surface area contributed by atoms with E-state index in [1.807, 2.05) is 6.92 Å². The second kappa shape index (κ2) is 6.69. The molecule has 2 unspecified atom stereocenters. The Morgan fingerprint density at radius 1 is 1.33 bits per heavy atom. The van der Waals surface area contributed by atoms with E-state index in [-0.39, 0.29) is 0 Å². The van der Waals surface area contributed by atoms with Crippen LogP contribution >= 0.6 is 0 Å². The molecule has 0 rings (SSSR count). The van der Waals surface area contributed by atoms with E-state index in [1.54, 1.807) is 0 Å². The lowest BCUT2D eigenvalue weighted by Gasteiger charge is -2.21. The summed E-state index contributed by atoms with van der Waals surface area (Å²) in [7, 11) is 0. The molecule has 0 radical (unpaired) electrons. The lowest BCUT2D eigenvalue weighted by atomic mass is 10.1. The van der Waals surface area contributed by atoms with E-state index in [1.165, 1.54) is 6.08 Å². The first-order chi connectivity index (χ1) is 7.01. The van der Waals surface area contributed by atoms with Gasteiger partial charge in [-0.15, -0.1) is 0 Å². The third kappa shape index (κ3) is 5.56. The minimum Gasteiger partial charge on any atom is -0.450 e. The first-order valence-corrected chi connectivity index (χ1v) is 4.43. The van der Waals surface area contributed by atoms with E-state index in [4.69, 9.17) is 10.2 Å². The molecule has 0 aromatic carbocycles. The Labute approximate surface area is 87.1 Å². The van der Waals surface area contributed by atoms with Crippen LogP contribution in [0.25, 0.3) is 0 Å². The number of hydrogen-bond acceptors (Lipinski definition) is 4. The molecule has 0 saturated heterocycles. The van der Waals surface area contributed by atoms with Gasteiger partial charge < -0.3 is 19.7 Å². The minimum atomic E-state index is -1.49. The van der Waals surface area contributed by atoms with Crippen LogP contribution in [-0.2, 0) is 9.47 Å². The zero-order valence-corrected chi connectivity index (χ0v) is 8.38. The van der Waals surface area contributed by atoms with Crippen LogP contribution in [0.1, 0.15) is 19.8 Å². The molecule has 6 nitrogen and oxygen atoms in total. The zero-order chi connectivity index (χ0) is 11.8. The summed E-state index contributed by atoms with van der Waals surface area (Å²) in [6, 6.07) is 0. The van der Waals surface area contributed by atoms with E-state index < -0.39 is 24.5 Å². The SMILES string of the molecule is C=CC(OC(=O)O)C(CCC)OC(=O)O. The van der Waals surface area contributed by atoms with Gasteiger partial charge in [0.05, 0.1) is 0 Å². The predicted octanol–water partition coefficient (Wildman–Crippen LogP) is 2.10. The minimum absolute atomic E-state index is 0.371. The molecule has 6 heteroatoms. The largest absolute Gasteiger partial charge is 0.506 e. The number of carboxylic acid groups (broad SMARTS) is 2. The van der Waals surface area contributed by atoms with Crippen LogP contribution < -0.4 is 0 Å². The maximum atomic E-state index is 10.3. The Balaban J connectivity index is 4.45. The van der Waals surface area contributed by atoms with Crippen molar-refractivity contribution in [2.75, 3.05) is 0 Å². The summed E-state index contributed by atoms with van der Waals surface area (Å²) in [5, 5.41) is 16.8. The Morgan fingerprint density at radius 3 is 2.20 bits per heavy atom. The number of carbonyl (C=O) groups is 2. The molecule has 2 N–H and O–H groups in total. The first kappa shape index (κ1) is 13.3. The van der Waals surface area contributed by atoms with Crippen molar-refractivity contribution in [3.63, 3.8) is 0 Å². The molecule has 0 aromatic heterocycles. The van der Waals surface area contributed by atoms with Crippen molar-refractivity contribution in [3.8, 4) is 0 Å². The van der Waals surface area contributed by atoms with E-state index in [0.717, 1.165) is 0 Å². The number of rotatable bonds is 6. The van der Waals surface area contributed by atoms with Gasteiger partial charge in [-0.25, -0.2) is 9.59 Å². The monoisotopic (exact) mass is 218 g/mol. The summed E-state index contributed by atoms with van der Waals surface area (Å²) in [5.74, 6) is 0. The zero-order valence-electron chi connectivity index (χ0n) is 8.38. The summed E-state index contributed by atoms with van der Waals surface area (Å²) in [6.07, 6.45) is -2.55. The summed E-state index contributed by atoms with van der Waals surface area (Å²) in [5.41, 5.74) is 0. The number of hydrogen-bond donors (Lipinski definition) is 2. The number of ether oxygens (including phenoxy) is 2. The van der Waals surface area contributed by atoms with Gasteiger partial charge >= 0.3 is 12.3 Å². The van der Waals surface area contributed by atoms with Crippen LogP contribution in [0.5, 0.6) is 0 Å². The van der Waals surface area contributed by atoms with Gasteiger partial charge in [-0.2, -0.15) is 0 Å². The van der Waals surface area contributed by atoms with E-state index in [0.29, 0.717) is 12.8 Å².